The Morgan fingerprint density at radius 1 is 0.957 bits per heavy atom. The van der Waals surface area contributed by atoms with E-state index in [0.717, 1.165) is 0 Å². The van der Waals surface area contributed by atoms with Gasteiger partial charge in [0.15, 0.2) is 11.6 Å². The number of ketones is 2. The fourth-order valence-electron chi connectivity index (χ4n) is 2.66. The maximum absolute atomic E-state index is 12.9. The Balaban J connectivity index is 2.19. The Kier molecular flexibility index (Phi) is 4.14. The van der Waals surface area contributed by atoms with Gasteiger partial charge in [-0.1, -0.05) is 60.7 Å². The van der Waals surface area contributed by atoms with Crippen LogP contribution < -0.4 is 11.1 Å². The average Bonchev–Trinajstić information content (AvgIpc) is 2.54. The number of alkyl halides is 1. The molecule has 118 valence electrons. The summed E-state index contributed by atoms with van der Waals surface area (Å²) in [6.07, 6.45) is 0. The molecule has 1 atom stereocenters. The van der Waals surface area contributed by atoms with Gasteiger partial charge in [0.2, 0.25) is 0 Å². The summed E-state index contributed by atoms with van der Waals surface area (Å²) >= 11 is 2.28. The number of benzene rings is 2. The van der Waals surface area contributed by atoms with E-state index in [2.05, 4.69) is 41.8 Å². The monoisotopic (exact) mass is 420 g/mol. The van der Waals surface area contributed by atoms with E-state index in [1.54, 1.807) is 36.4 Å². The van der Waals surface area contributed by atoms with Gasteiger partial charge in [0, 0.05) is 16.7 Å². The molecule has 0 saturated heterocycles. The van der Waals surface area contributed by atoms with Crippen molar-refractivity contribution in [1.82, 2.24) is 0 Å². The second-order valence-electron chi connectivity index (χ2n) is 5.95. The number of nitrogens with one attached hydrogen (secondary N) is 1. The van der Waals surface area contributed by atoms with Gasteiger partial charge in [0.25, 0.3) is 0 Å². The Bertz CT molecular complexity index is 815. The number of anilines is 2. The molecule has 0 spiro atoms. The van der Waals surface area contributed by atoms with Crippen molar-refractivity contribution >= 4 is 45.5 Å². The third-order valence-electron chi connectivity index (χ3n) is 3.99. The van der Waals surface area contributed by atoms with Crippen molar-refractivity contribution in [3.8, 4) is 0 Å². The third-order valence-corrected chi connectivity index (χ3v) is 5.74. The smallest absolute Gasteiger partial charge is 0.196 e. The lowest BCUT2D eigenvalue weighted by Gasteiger charge is -2.25. The van der Waals surface area contributed by atoms with Gasteiger partial charge in [-0.25, -0.2) is 0 Å². The van der Waals surface area contributed by atoms with Crippen LogP contribution in [0.1, 0.15) is 45.7 Å². The van der Waals surface area contributed by atoms with Gasteiger partial charge in [-0.05, 0) is 18.1 Å². The fourth-order valence-corrected chi connectivity index (χ4v) is 2.97. The van der Waals surface area contributed by atoms with Crippen LogP contribution in [0.3, 0.4) is 0 Å². The molecule has 1 aliphatic rings. The first-order chi connectivity index (χ1) is 10.9. The van der Waals surface area contributed by atoms with Crippen molar-refractivity contribution in [2.24, 2.45) is 5.92 Å². The molecule has 5 heteroatoms. The number of nitrogens with two attached hydrogens (primary N) is 1. The lowest BCUT2D eigenvalue weighted by atomic mass is 9.83. The molecule has 3 N–H and O–H groups in total. The summed E-state index contributed by atoms with van der Waals surface area (Å²) in [5.74, 6) is 0.0673. The number of carbonyl (C=O) groups excluding carboxylic acids is 2. The van der Waals surface area contributed by atoms with Crippen LogP contribution in [0.2, 0.25) is 0 Å². The highest BCUT2D eigenvalue weighted by Crippen LogP contribution is 2.36. The highest BCUT2D eigenvalue weighted by molar-refractivity contribution is 14.1. The number of rotatable bonds is 3. The molecule has 0 amide bonds. The summed E-state index contributed by atoms with van der Waals surface area (Å²) in [7, 11) is 0. The van der Waals surface area contributed by atoms with Gasteiger partial charge in [-0.15, -0.1) is 0 Å². The topological polar surface area (TPSA) is 72.2 Å². The van der Waals surface area contributed by atoms with E-state index >= 15 is 0 Å². The lowest BCUT2D eigenvalue weighted by molar-refractivity contribution is 0.0979. The summed E-state index contributed by atoms with van der Waals surface area (Å²) in [5.41, 5.74) is 8.82. The minimum absolute atomic E-state index is 0.0986. The van der Waals surface area contributed by atoms with E-state index in [0.29, 0.717) is 39.5 Å². The van der Waals surface area contributed by atoms with Crippen LogP contribution in [-0.2, 0) is 0 Å². The van der Waals surface area contributed by atoms with E-state index in [1.165, 1.54) is 0 Å². The van der Waals surface area contributed by atoms with Crippen LogP contribution in [0.15, 0.2) is 36.4 Å². The van der Waals surface area contributed by atoms with Gasteiger partial charge in [0.05, 0.1) is 21.0 Å². The Morgan fingerprint density at radius 2 is 1.57 bits per heavy atom. The highest BCUT2D eigenvalue weighted by Gasteiger charge is 2.32. The van der Waals surface area contributed by atoms with Gasteiger partial charge in [-0.3, -0.25) is 9.59 Å². The van der Waals surface area contributed by atoms with Crippen LogP contribution in [0, 0.1) is 5.92 Å². The van der Waals surface area contributed by atoms with E-state index in [-0.39, 0.29) is 15.6 Å². The number of halogens is 1. The molecule has 0 saturated carbocycles. The quantitative estimate of drug-likeness (QED) is 0.292. The molecular formula is C18H17IN2O2. The van der Waals surface area contributed by atoms with E-state index in [9.17, 15) is 9.59 Å². The van der Waals surface area contributed by atoms with Gasteiger partial charge in [0.1, 0.15) is 0 Å². The van der Waals surface area contributed by atoms with Crippen molar-refractivity contribution in [2.45, 2.75) is 17.9 Å². The molecule has 1 aliphatic carbocycles. The predicted molar refractivity (Wildman–Crippen MR) is 100 cm³/mol. The zero-order chi connectivity index (χ0) is 16.7. The molecule has 3 rings (SSSR count). The summed E-state index contributed by atoms with van der Waals surface area (Å²) in [5, 5.41) is 3.31. The molecule has 23 heavy (non-hydrogen) atoms. The molecule has 0 aliphatic heterocycles. The Labute approximate surface area is 148 Å². The minimum atomic E-state index is -0.155. The maximum atomic E-state index is 12.9. The Morgan fingerprint density at radius 3 is 2.17 bits per heavy atom. The molecule has 0 radical (unpaired) electrons. The standard InChI is InChI=1S/C18H17IN2O2/c1-9(2)18(19)21-15-13(20)8-7-12-14(15)17(23)11-6-4-3-5-10(11)16(12)22/h3-9,18,21H,20H2,1-2H3. The maximum Gasteiger partial charge on any atom is 0.196 e. The van der Waals surface area contributed by atoms with Crippen LogP contribution >= 0.6 is 22.6 Å². The minimum Gasteiger partial charge on any atom is -0.397 e. The highest BCUT2D eigenvalue weighted by atomic mass is 127. The molecule has 1 unspecified atom stereocenters. The number of carbonyl (C=O) groups is 2. The third kappa shape index (κ3) is 2.63. The van der Waals surface area contributed by atoms with Crippen LogP contribution in [0.5, 0.6) is 0 Å². The molecule has 2 aromatic carbocycles. The number of fused-ring (bicyclic) bond motifs is 2. The summed E-state index contributed by atoms with van der Waals surface area (Å²) in [6, 6.07) is 10.2. The molecule has 0 aromatic heterocycles. The lowest BCUT2D eigenvalue weighted by Crippen LogP contribution is -2.26. The average molecular weight is 420 g/mol. The molecular weight excluding hydrogens is 403 g/mol. The van der Waals surface area contributed by atoms with E-state index in [4.69, 9.17) is 5.73 Å². The molecule has 0 fully saturated rings. The van der Waals surface area contributed by atoms with E-state index in [1.807, 2.05) is 0 Å². The predicted octanol–water partition coefficient (Wildman–Crippen LogP) is 3.87. The largest absolute Gasteiger partial charge is 0.397 e. The Hall–Kier alpha value is -1.89. The van der Waals surface area contributed by atoms with Crippen LogP contribution in [0.4, 0.5) is 11.4 Å². The van der Waals surface area contributed by atoms with Crippen molar-refractivity contribution in [3.63, 3.8) is 0 Å². The van der Waals surface area contributed by atoms with Crippen LogP contribution in [0.25, 0.3) is 0 Å². The zero-order valence-electron chi connectivity index (χ0n) is 12.9. The number of hydrogen-bond donors (Lipinski definition) is 2. The SMILES string of the molecule is CC(C)C(I)Nc1c(N)ccc2c1C(=O)c1ccccc1C2=O. The summed E-state index contributed by atoms with van der Waals surface area (Å²) < 4.78 is 0.0986. The first kappa shape index (κ1) is 16.0. The van der Waals surface area contributed by atoms with Gasteiger partial charge >= 0.3 is 0 Å². The summed E-state index contributed by atoms with van der Waals surface area (Å²) in [4.78, 5) is 25.6. The van der Waals surface area contributed by atoms with Gasteiger partial charge in [-0.2, -0.15) is 0 Å². The first-order valence-corrected chi connectivity index (χ1v) is 8.68. The molecule has 0 heterocycles. The van der Waals surface area contributed by atoms with Crippen molar-refractivity contribution in [3.05, 3.63) is 58.7 Å². The normalized spacial score (nSPS) is 14.4. The van der Waals surface area contributed by atoms with E-state index < -0.39 is 0 Å². The fraction of sp³-hybridized carbons (Fsp3) is 0.222. The molecule has 2 aromatic rings. The second-order valence-corrected chi connectivity index (χ2v) is 7.29. The molecule has 0 bridgehead atoms. The second kappa shape index (κ2) is 5.96. The van der Waals surface area contributed by atoms with Crippen molar-refractivity contribution in [1.29, 1.82) is 0 Å². The number of nitrogen functional groups attached to an aromatic ring is 1. The summed E-state index contributed by atoms with van der Waals surface area (Å²) in [6.45, 7) is 4.16. The number of hydrogen-bond acceptors (Lipinski definition) is 4. The van der Waals surface area contributed by atoms with Crippen molar-refractivity contribution < 1.29 is 9.59 Å². The van der Waals surface area contributed by atoms with Crippen LogP contribution in [-0.4, -0.2) is 15.6 Å². The van der Waals surface area contributed by atoms with Gasteiger partial charge < -0.3 is 11.1 Å². The zero-order valence-corrected chi connectivity index (χ0v) is 15.0. The molecule has 4 nitrogen and oxygen atoms in total. The first-order valence-electron chi connectivity index (χ1n) is 7.43. The van der Waals surface area contributed by atoms with Crippen molar-refractivity contribution in [2.75, 3.05) is 11.1 Å².